The van der Waals surface area contributed by atoms with Gasteiger partial charge in [0, 0.05) is 35.8 Å². The topological polar surface area (TPSA) is 15.3 Å². The maximum absolute atomic E-state index is 3.56. The Hall–Kier alpha value is -0.670. The van der Waals surface area contributed by atoms with Crippen molar-refractivity contribution in [3.05, 3.63) is 29.3 Å². The summed E-state index contributed by atoms with van der Waals surface area (Å²) in [5, 5.41) is 3.56. The predicted molar refractivity (Wildman–Crippen MR) is 96.5 cm³/mol. The Morgan fingerprint density at radius 2 is 2.10 bits per heavy atom. The number of nitrogens with one attached hydrogen (secondary N) is 1. The van der Waals surface area contributed by atoms with Crippen molar-refractivity contribution in [3.63, 3.8) is 0 Å². The lowest BCUT2D eigenvalue weighted by Gasteiger charge is -2.27. The second-order valence-electron chi connectivity index (χ2n) is 6.65. The lowest BCUT2D eigenvalue weighted by Crippen LogP contribution is -2.28. The second kappa shape index (κ2) is 7.55. The zero-order chi connectivity index (χ0) is 15.3. The van der Waals surface area contributed by atoms with E-state index in [0.717, 1.165) is 19.6 Å². The first kappa shape index (κ1) is 16.7. The van der Waals surface area contributed by atoms with Crippen LogP contribution in [0.5, 0.6) is 0 Å². The highest BCUT2D eigenvalue weighted by Gasteiger charge is 2.24. The van der Waals surface area contributed by atoms with Crippen molar-refractivity contribution >= 4 is 17.4 Å². The van der Waals surface area contributed by atoms with E-state index in [9.17, 15) is 0 Å². The molecule has 0 aliphatic carbocycles. The van der Waals surface area contributed by atoms with E-state index in [0.29, 0.717) is 4.75 Å². The number of hydrogen-bond donors (Lipinski definition) is 1. The molecule has 1 aromatic carbocycles. The van der Waals surface area contributed by atoms with Gasteiger partial charge in [-0.2, -0.15) is 11.8 Å². The number of hydrogen-bond acceptors (Lipinski definition) is 3. The molecule has 1 N–H and O–H groups in total. The van der Waals surface area contributed by atoms with E-state index >= 15 is 0 Å². The molecular weight excluding hydrogens is 276 g/mol. The van der Waals surface area contributed by atoms with Crippen LogP contribution in [0.2, 0.25) is 0 Å². The molecule has 0 spiro atoms. The molecule has 3 heteroatoms. The third-order valence-corrected chi connectivity index (χ3v) is 5.53. The van der Waals surface area contributed by atoms with Crippen molar-refractivity contribution in [2.24, 2.45) is 0 Å². The molecule has 1 heterocycles. The summed E-state index contributed by atoms with van der Waals surface area (Å²) in [5.74, 6) is 1.22. The number of thioether (sulfide) groups is 1. The van der Waals surface area contributed by atoms with Crippen molar-refractivity contribution in [2.45, 2.75) is 51.8 Å². The second-order valence-corrected chi connectivity index (χ2v) is 8.46. The lowest BCUT2D eigenvalue weighted by molar-refractivity contribution is 0.633. The molecule has 0 amide bonds. The Kier molecular flexibility index (Phi) is 6.00. The van der Waals surface area contributed by atoms with Gasteiger partial charge in [0.05, 0.1) is 0 Å². The molecule has 21 heavy (non-hydrogen) atoms. The number of anilines is 1. The first-order valence-corrected chi connectivity index (χ1v) is 9.19. The SMILES string of the molecule is CCCNCc1cc(C)ccc1N1CCSC(C)(C)CC1. The van der Waals surface area contributed by atoms with E-state index in [2.05, 4.69) is 67.9 Å². The highest BCUT2D eigenvalue weighted by atomic mass is 32.2. The van der Waals surface area contributed by atoms with Gasteiger partial charge in [-0.05, 0) is 37.9 Å². The van der Waals surface area contributed by atoms with Crippen LogP contribution in [0.25, 0.3) is 0 Å². The van der Waals surface area contributed by atoms with E-state index in [1.807, 2.05) is 0 Å². The number of benzene rings is 1. The Morgan fingerprint density at radius 3 is 2.86 bits per heavy atom. The van der Waals surface area contributed by atoms with E-state index in [1.54, 1.807) is 0 Å². The van der Waals surface area contributed by atoms with Crippen LogP contribution in [-0.2, 0) is 6.54 Å². The zero-order valence-corrected chi connectivity index (χ0v) is 14.9. The van der Waals surface area contributed by atoms with Crippen molar-refractivity contribution in [1.29, 1.82) is 0 Å². The Morgan fingerprint density at radius 1 is 1.29 bits per heavy atom. The van der Waals surface area contributed by atoms with Gasteiger partial charge in [-0.25, -0.2) is 0 Å². The standard InChI is InChI=1S/C18H30N2S/c1-5-9-19-14-16-13-15(2)6-7-17(16)20-10-8-18(3,4)21-12-11-20/h6-7,13,19H,5,8-12,14H2,1-4H3. The van der Waals surface area contributed by atoms with E-state index < -0.39 is 0 Å². The highest BCUT2D eigenvalue weighted by molar-refractivity contribution is 8.00. The number of rotatable bonds is 5. The van der Waals surface area contributed by atoms with Crippen molar-refractivity contribution in [2.75, 3.05) is 30.3 Å². The van der Waals surface area contributed by atoms with Gasteiger partial charge in [0.1, 0.15) is 0 Å². The fourth-order valence-electron chi connectivity index (χ4n) is 2.83. The van der Waals surface area contributed by atoms with Crippen LogP contribution in [-0.4, -0.2) is 30.1 Å². The molecule has 1 saturated heterocycles. The van der Waals surface area contributed by atoms with Gasteiger partial charge in [-0.15, -0.1) is 0 Å². The van der Waals surface area contributed by atoms with Crippen molar-refractivity contribution < 1.29 is 0 Å². The van der Waals surface area contributed by atoms with Crippen molar-refractivity contribution in [1.82, 2.24) is 5.32 Å². The minimum absolute atomic E-state index is 0.417. The molecule has 0 bridgehead atoms. The summed E-state index contributed by atoms with van der Waals surface area (Å²) in [6.45, 7) is 13.6. The molecule has 0 aromatic heterocycles. The van der Waals surface area contributed by atoms with Crippen LogP contribution in [0.15, 0.2) is 18.2 Å². The van der Waals surface area contributed by atoms with Gasteiger partial charge >= 0.3 is 0 Å². The number of nitrogens with zero attached hydrogens (tertiary/aromatic N) is 1. The molecule has 2 rings (SSSR count). The third kappa shape index (κ3) is 4.93. The highest BCUT2D eigenvalue weighted by Crippen LogP contribution is 2.33. The average molecular weight is 307 g/mol. The lowest BCUT2D eigenvalue weighted by atomic mass is 10.1. The summed E-state index contributed by atoms with van der Waals surface area (Å²) in [7, 11) is 0. The predicted octanol–water partition coefficient (Wildman–Crippen LogP) is 4.22. The summed E-state index contributed by atoms with van der Waals surface area (Å²) in [4.78, 5) is 2.59. The minimum Gasteiger partial charge on any atom is -0.370 e. The maximum Gasteiger partial charge on any atom is 0.0412 e. The van der Waals surface area contributed by atoms with Crippen molar-refractivity contribution in [3.8, 4) is 0 Å². The normalized spacial score (nSPS) is 18.6. The van der Waals surface area contributed by atoms with Crippen LogP contribution in [0.4, 0.5) is 5.69 Å². The van der Waals surface area contributed by atoms with E-state index in [-0.39, 0.29) is 0 Å². The fraction of sp³-hybridized carbons (Fsp3) is 0.667. The molecule has 0 saturated carbocycles. The first-order valence-electron chi connectivity index (χ1n) is 8.21. The van der Waals surface area contributed by atoms with Gasteiger partial charge in [0.2, 0.25) is 0 Å². The molecule has 0 radical (unpaired) electrons. The quantitative estimate of drug-likeness (QED) is 0.820. The molecule has 118 valence electrons. The molecule has 0 unspecified atom stereocenters. The Balaban J connectivity index is 2.13. The fourth-order valence-corrected chi connectivity index (χ4v) is 3.93. The van der Waals surface area contributed by atoms with E-state index in [1.165, 1.54) is 42.0 Å². The van der Waals surface area contributed by atoms with Gasteiger partial charge in [0.15, 0.2) is 0 Å². The zero-order valence-electron chi connectivity index (χ0n) is 14.0. The number of aryl methyl sites for hydroxylation is 1. The summed E-state index contributed by atoms with van der Waals surface area (Å²) < 4.78 is 0.417. The minimum atomic E-state index is 0.417. The average Bonchev–Trinajstić information content (AvgIpc) is 2.60. The first-order chi connectivity index (χ1) is 10.0. The van der Waals surface area contributed by atoms with Gasteiger partial charge in [-0.3, -0.25) is 0 Å². The van der Waals surface area contributed by atoms with E-state index in [4.69, 9.17) is 0 Å². The molecule has 1 aliphatic heterocycles. The maximum atomic E-state index is 3.56. The molecule has 1 fully saturated rings. The molecular formula is C18H30N2S. The summed E-state index contributed by atoms with van der Waals surface area (Å²) >= 11 is 2.11. The molecule has 1 aromatic rings. The summed E-state index contributed by atoms with van der Waals surface area (Å²) in [6.07, 6.45) is 2.45. The van der Waals surface area contributed by atoms with Crippen LogP contribution >= 0.6 is 11.8 Å². The summed E-state index contributed by atoms with van der Waals surface area (Å²) in [5.41, 5.74) is 4.24. The molecule has 1 aliphatic rings. The Labute approximate surface area is 134 Å². The van der Waals surface area contributed by atoms with Crippen LogP contribution in [0.1, 0.15) is 44.7 Å². The van der Waals surface area contributed by atoms with Gasteiger partial charge in [0.25, 0.3) is 0 Å². The van der Waals surface area contributed by atoms with Gasteiger partial charge < -0.3 is 10.2 Å². The van der Waals surface area contributed by atoms with Crippen LogP contribution in [0.3, 0.4) is 0 Å². The smallest absolute Gasteiger partial charge is 0.0412 e. The monoisotopic (exact) mass is 306 g/mol. The Bertz CT molecular complexity index is 457. The summed E-state index contributed by atoms with van der Waals surface area (Å²) in [6, 6.07) is 6.92. The van der Waals surface area contributed by atoms with Crippen LogP contribution in [0, 0.1) is 6.92 Å². The third-order valence-electron chi connectivity index (χ3n) is 4.16. The van der Waals surface area contributed by atoms with Gasteiger partial charge in [-0.1, -0.05) is 38.5 Å². The molecule has 0 atom stereocenters. The van der Waals surface area contributed by atoms with Crippen LogP contribution < -0.4 is 10.2 Å². The molecule has 2 nitrogen and oxygen atoms in total. The largest absolute Gasteiger partial charge is 0.370 e.